The molecule has 3 heterocycles. The van der Waals surface area contributed by atoms with E-state index >= 15 is 0 Å². The van der Waals surface area contributed by atoms with Gasteiger partial charge in [0, 0.05) is 48.4 Å². The van der Waals surface area contributed by atoms with Crippen LogP contribution in [0.3, 0.4) is 0 Å². The van der Waals surface area contributed by atoms with Crippen molar-refractivity contribution >= 4 is 27.3 Å². The lowest BCUT2D eigenvalue weighted by atomic mass is 9.49. The van der Waals surface area contributed by atoms with Crippen LogP contribution in [0.4, 0.5) is 0 Å². The summed E-state index contributed by atoms with van der Waals surface area (Å²) in [6, 6.07) is 18.8. The minimum atomic E-state index is -4.14. The summed E-state index contributed by atoms with van der Waals surface area (Å²) >= 11 is 0. The molecule has 1 spiro atoms. The predicted molar refractivity (Wildman–Crippen MR) is 182 cm³/mol. The summed E-state index contributed by atoms with van der Waals surface area (Å²) in [6.45, 7) is 4.55. The molecule has 5 aliphatic rings. The lowest BCUT2D eigenvalue weighted by Gasteiger charge is -2.63. The minimum absolute atomic E-state index is 0.0712. The van der Waals surface area contributed by atoms with Gasteiger partial charge in [-0.3, -0.25) is 4.90 Å². The fourth-order valence-electron chi connectivity index (χ4n) is 9.64. The summed E-state index contributed by atoms with van der Waals surface area (Å²) in [4.78, 5) is 13.6. The number of fused-ring (bicyclic) bond motifs is 4. The molecule has 9 rings (SSSR count). The highest BCUT2D eigenvalue weighted by Gasteiger charge is 2.73. The van der Waals surface area contributed by atoms with E-state index in [0.717, 1.165) is 84.0 Å². The number of aliphatic hydroxyl groups is 1. The van der Waals surface area contributed by atoms with E-state index in [9.17, 15) is 18.3 Å². The van der Waals surface area contributed by atoms with Crippen LogP contribution in [-0.2, 0) is 39.7 Å². The maximum atomic E-state index is 13.6. The third-order valence-electron chi connectivity index (χ3n) is 12.0. The van der Waals surface area contributed by atoms with Gasteiger partial charge < -0.3 is 23.4 Å². The molecular weight excluding hydrogens is 625 g/mol. The van der Waals surface area contributed by atoms with Crippen LogP contribution in [0.5, 0.6) is 11.5 Å². The van der Waals surface area contributed by atoms with E-state index in [4.69, 9.17) is 8.92 Å². The van der Waals surface area contributed by atoms with Gasteiger partial charge in [0.2, 0.25) is 0 Å². The van der Waals surface area contributed by atoms with Gasteiger partial charge in [0.05, 0.1) is 16.7 Å². The van der Waals surface area contributed by atoms with Crippen LogP contribution in [0.1, 0.15) is 79.0 Å². The summed E-state index contributed by atoms with van der Waals surface area (Å²) in [5, 5.41) is 14.5. The summed E-state index contributed by atoms with van der Waals surface area (Å²) in [5.41, 5.74) is 4.50. The Kier molecular flexibility index (Phi) is 6.92. The number of para-hydroxylation sites is 1. The van der Waals surface area contributed by atoms with Crippen LogP contribution in [0, 0.1) is 12.8 Å². The number of rotatable bonds is 11. The van der Waals surface area contributed by atoms with E-state index < -0.39 is 27.2 Å². The second-order valence-electron chi connectivity index (χ2n) is 14.8. The van der Waals surface area contributed by atoms with Gasteiger partial charge in [0.25, 0.3) is 0 Å². The topological polar surface area (TPSA) is 98.1 Å². The minimum Gasteiger partial charge on any atom is -0.479 e. The molecule has 1 aromatic heterocycles. The summed E-state index contributed by atoms with van der Waals surface area (Å²) < 4.78 is 42.7. The largest absolute Gasteiger partial charge is 0.479 e. The van der Waals surface area contributed by atoms with Crippen molar-refractivity contribution in [3.8, 4) is 11.5 Å². The van der Waals surface area contributed by atoms with Crippen LogP contribution in [0.2, 0.25) is 0 Å². The molecule has 4 aromatic rings. The number of aldehydes is 1. The van der Waals surface area contributed by atoms with Gasteiger partial charge in [0.1, 0.15) is 11.2 Å². The molecule has 2 aliphatic heterocycles. The van der Waals surface area contributed by atoms with Crippen molar-refractivity contribution in [3.63, 3.8) is 0 Å². The first-order chi connectivity index (χ1) is 23.2. The molecule has 3 aliphatic carbocycles. The first-order valence-electron chi connectivity index (χ1n) is 17.6. The first kappa shape index (κ1) is 30.4. The molecule has 2 bridgehead atoms. The molecular formula is C39H42N2O6S. The molecule has 4 atom stereocenters. The summed E-state index contributed by atoms with van der Waals surface area (Å²) in [6.07, 6.45) is 8.18. The fourth-order valence-corrected chi connectivity index (χ4v) is 10.6. The molecule has 48 heavy (non-hydrogen) atoms. The van der Waals surface area contributed by atoms with Crippen molar-refractivity contribution in [1.82, 2.24) is 9.47 Å². The fraction of sp³-hybridized carbons (Fsp3) is 0.462. The number of likely N-dealkylation sites (tertiary alicyclic amines) is 1. The molecule has 1 N–H and O–H groups in total. The molecule has 3 aromatic carbocycles. The zero-order chi connectivity index (χ0) is 32.8. The highest BCUT2D eigenvalue weighted by atomic mass is 32.2. The number of ether oxygens (including phenoxy) is 1. The number of hydrogen-bond acceptors (Lipinski definition) is 7. The summed E-state index contributed by atoms with van der Waals surface area (Å²) in [7, 11) is -4.14. The highest BCUT2D eigenvalue weighted by Crippen LogP contribution is 2.69. The Hall–Kier alpha value is -3.66. The smallest absolute Gasteiger partial charge is 0.339 e. The normalized spacial score (nSPS) is 27.0. The number of nitrogens with zero attached hydrogens (tertiary/aromatic N) is 2. The second kappa shape index (κ2) is 10.9. The maximum absolute atomic E-state index is 13.6. The Morgan fingerprint density at radius 2 is 1.85 bits per heavy atom. The van der Waals surface area contributed by atoms with Crippen molar-refractivity contribution in [1.29, 1.82) is 0 Å². The first-order valence-corrected chi connectivity index (χ1v) is 19.0. The van der Waals surface area contributed by atoms with Crippen molar-refractivity contribution in [2.75, 3.05) is 13.1 Å². The molecule has 0 radical (unpaired) electrons. The molecule has 1 saturated carbocycles. The Bertz CT molecular complexity index is 2050. The van der Waals surface area contributed by atoms with Crippen molar-refractivity contribution in [2.45, 2.75) is 99.3 Å². The van der Waals surface area contributed by atoms with Crippen molar-refractivity contribution < 1.29 is 27.2 Å². The Morgan fingerprint density at radius 3 is 2.65 bits per heavy atom. The van der Waals surface area contributed by atoms with Crippen LogP contribution in [0.15, 0.2) is 65.6 Å². The molecule has 9 heteroatoms. The lowest BCUT2D eigenvalue weighted by Crippen LogP contribution is -2.74. The van der Waals surface area contributed by atoms with E-state index in [2.05, 4.69) is 33.7 Å². The third-order valence-corrected chi connectivity index (χ3v) is 13.3. The number of piperidine rings is 1. The van der Waals surface area contributed by atoms with Gasteiger partial charge in [-0.05, 0) is 93.3 Å². The van der Waals surface area contributed by atoms with Crippen molar-refractivity contribution in [2.24, 2.45) is 5.92 Å². The number of carbonyl (C=O) groups is 1. The van der Waals surface area contributed by atoms with Gasteiger partial charge in [-0.2, -0.15) is 8.42 Å². The Balaban J connectivity index is 1.21. The second-order valence-corrected chi connectivity index (χ2v) is 16.4. The summed E-state index contributed by atoms with van der Waals surface area (Å²) in [5.74, 6) is 1.33. The van der Waals surface area contributed by atoms with E-state index in [1.54, 1.807) is 30.3 Å². The Morgan fingerprint density at radius 1 is 1.04 bits per heavy atom. The third kappa shape index (κ3) is 4.33. The average Bonchev–Trinajstić information content (AvgIpc) is 3.75. The van der Waals surface area contributed by atoms with E-state index in [-0.39, 0.29) is 16.7 Å². The predicted octanol–water partition coefficient (Wildman–Crippen LogP) is 6.18. The number of aryl methyl sites for hydroxylation is 2. The standard InChI is InChI=1S/C39H42N2O6S/c1-25-10-15-28(16-11-25)48(44,45)47-32-17-14-27-22-33-39(43)23-30-29-8-4-5-9-31(29)41(19-6-2-3-7-21-42)35(30)37-38(39,34(27)36(32)46-37)18-20-40(33)24-26-12-13-26/h4-5,8-11,14-17,21,26,33,37,43H,2-3,6-7,12-13,18-20,22-24H2,1H3/t33-,37+,38+,39-/m1/s1. The van der Waals surface area contributed by atoms with Gasteiger partial charge in [-0.15, -0.1) is 0 Å². The number of carbonyl (C=O) groups excluding carboxylic acids is 1. The highest BCUT2D eigenvalue weighted by molar-refractivity contribution is 7.87. The van der Waals surface area contributed by atoms with E-state index in [1.165, 1.54) is 12.8 Å². The molecule has 8 nitrogen and oxygen atoms in total. The maximum Gasteiger partial charge on any atom is 0.339 e. The molecule has 250 valence electrons. The number of aromatic nitrogens is 1. The lowest BCUT2D eigenvalue weighted by molar-refractivity contribution is -0.173. The average molecular weight is 667 g/mol. The SMILES string of the molecule is Cc1ccc(S(=O)(=O)Oc2ccc3c4c2O[C@H]2c5c(c6ccccc6n5CCCCCC=O)C[C@@]5(O)[C@@H](C3)N(CC3CC3)CC[C@]425)cc1. The van der Waals surface area contributed by atoms with Crippen LogP contribution >= 0.6 is 0 Å². The van der Waals surface area contributed by atoms with Gasteiger partial charge in [0.15, 0.2) is 17.6 Å². The Labute approximate surface area is 281 Å². The van der Waals surface area contributed by atoms with Crippen LogP contribution < -0.4 is 8.92 Å². The molecule has 0 amide bonds. The van der Waals surface area contributed by atoms with Gasteiger partial charge in [-0.25, -0.2) is 0 Å². The van der Waals surface area contributed by atoms with Gasteiger partial charge in [-0.1, -0.05) is 48.4 Å². The zero-order valence-corrected chi connectivity index (χ0v) is 28.2. The van der Waals surface area contributed by atoms with Crippen LogP contribution in [-0.4, -0.2) is 54.0 Å². The number of hydrogen-bond donors (Lipinski definition) is 1. The molecule has 2 fully saturated rings. The molecule has 0 unspecified atom stereocenters. The quantitative estimate of drug-likeness (QED) is 0.116. The van der Waals surface area contributed by atoms with Gasteiger partial charge >= 0.3 is 10.1 Å². The number of unbranched alkanes of at least 4 members (excludes halogenated alkanes) is 3. The number of benzene rings is 3. The van der Waals surface area contributed by atoms with Crippen molar-refractivity contribution in [3.05, 3.63) is 88.6 Å². The van der Waals surface area contributed by atoms with Crippen LogP contribution in [0.25, 0.3) is 10.9 Å². The zero-order valence-electron chi connectivity index (χ0n) is 27.4. The van der Waals surface area contributed by atoms with E-state index in [0.29, 0.717) is 37.4 Å². The molecule has 1 saturated heterocycles. The van der Waals surface area contributed by atoms with E-state index in [1.807, 2.05) is 13.0 Å². The monoisotopic (exact) mass is 666 g/mol.